The van der Waals surface area contributed by atoms with Gasteiger partial charge in [0.15, 0.2) is 0 Å². The first-order valence-electron chi connectivity index (χ1n) is 5.29. The molecule has 76 valence electrons. The lowest BCUT2D eigenvalue weighted by Gasteiger charge is -2.12. The van der Waals surface area contributed by atoms with E-state index in [0.29, 0.717) is 6.04 Å². The molecule has 0 rings (SSSR count). The maximum absolute atomic E-state index is 3.43. The third-order valence-corrected chi connectivity index (χ3v) is 2.13. The van der Waals surface area contributed by atoms with Gasteiger partial charge in [-0.2, -0.15) is 0 Å². The topological polar surface area (TPSA) is 12.0 Å². The van der Waals surface area contributed by atoms with Crippen LogP contribution in [0, 0.1) is 17.8 Å². The minimum atomic E-state index is 0.614. The summed E-state index contributed by atoms with van der Waals surface area (Å²) in [6.07, 6.45) is 3.56. The van der Waals surface area contributed by atoms with Crippen molar-refractivity contribution in [2.24, 2.45) is 5.92 Å². The van der Waals surface area contributed by atoms with Gasteiger partial charge in [0, 0.05) is 12.5 Å². The van der Waals surface area contributed by atoms with E-state index in [-0.39, 0.29) is 0 Å². The van der Waals surface area contributed by atoms with E-state index in [9.17, 15) is 0 Å². The zero-order valence-electron chi connectivity index (χ0n) is 9.48. The normalized spacial score (nSPS) is 12.4. The van der Waals surface area contributed by atoms with Crippen LogP contribution in [0.4, 0.5) is 0 Å². The van der Waals surface area contributed by atoms with Crippen molar-refractivity contribution in [2.45, 2.75) is 53.0 Å². The molecule has 0 radical (unpaired) electrons. The van der Waals surface area contributed by atoms with E-state index < -0.39 is 0 Å². The Morgan fingerprint density at radius 2 is 1.85 bits per heavy atom. The predicted molar refractivity (Wildman–Crippen MR) is 59.6 cm³/mol. The summed E-state index contributed by atoms with van der Waals surface area (Å²) in [5, 5.41) is 3.43. The Morgan fingerprint density at radius 1 is 1.15 bits per heavy atom. The molecule has 0 fully saturated rings. The highest BCUT2D eigenvalue weighted by molar-refractivity contribution is 4.94. The standard InChI is InChI=1S/C12H23N/c1-5-6-7-8-12(4)9-10-13-11(2)3/h11-13H,7-10H2,1-4H3. The van der Waals surface area contributed by atoms with Crippen molar-refractivity contribution in [3.8, 4) is 11.8 Å². The Morgan fingerprint density at radius 3 is 2.38 bits per heavy atom. The first-order chi connectivity index (χ1) is 6.16. The summed E-state index contributed by atoms with van der Waals surface area (Å²) >= 11 is 0. The zero-order chi connectivity index (χ0) is 10.1. The van der Waals surface area contributed by atoms with Gasteiger partial charge in [-0.05, 0) is 32.2 Å². The summed E-state index contributed by atoms with van der Waals surface area (Å²) in [6.45, 7) is 9.73. The number of nitrogens with one attached hydrogen (secondary N) is 1. The molecule has 1 nitrogen and oxygen atoms in total. The molecule has 1 N–H and O–H groups in total. The Kier molecular flexibility index (Phi) is 7.83. The van der Waals surface area contributed by atoms with Crippen molar-refractivity contribution in [3.63, 3.8) is 0 Å². The molecule has 1 heteroatoms. The largest absolute Gasteiger partial charge is 0.315 e. The molecule has 0 spiro atoms. The average Bonchev–Trinajstić information content (AvgIpc) is 2.04. The third kappa shape index (κ3) is 9.43. The van der Waals surface area contributed by atoms with Crippen LogP contribution in [-0.2, 0) is 0 Å². The minimum Gasteiger partial charge on any atom is -0.315 e. The van der Waals surface area contributed by atoms with E-state index in [0.717, 1.165) is 18.9 Å². The van der Waals surface area contributed by atoms with Gasteiger partial charge in [-0.25, -0.2) is 0 Å². The van der Waals surface area contributed by atoms with Crippen molar-refractivity contribution in [2.75, 3.05) is 6.54 Å². The molecule has 0 saturated heterocycles. The monoisotopic (exact) mass is 181 g/mol. The van der Waals surface area contributed by atoms with Crippen molar-refractivity contribution in [1.82, 2.24) is 5.32 Å². The van der Waals surface area contributed by atoms with E-state index in [1.54, 1.807) is 0 Å². The highest BCUT2D eigenvalue weighted by atomic mass is 14.9. The van der Waals surface area contributed by atoms with Gasteiger partial charge in [0.1, 0.15) is 0 Å². The lowest BCUT2D eigenvalue weighted by atomic mass is 10.0. The van der Waals surface area contributed by atoms with E-state index in [4.69, 9.17) is 0 Å². The van der Waals surface area contributed by atoms with Crippen molar-refractivity contribution < 1.29 is 0 Å². The lowest BCUT2D eigenvalue weighted by Crippen LogP contribution is -2.24. The Labute approximate surface area is 83.3 Å². The third-order valence-electron chi connectivity index (χ3n) is 2.13. The summed E-state index contributed by atoms with van der Waals surface area (Å²) in [4.78, 5) is 0. The Balaban J connectivity index is 3.28. The number of hydrogen-bond donors (Lipinski definition) is 1. The van der Waals surface area contributed by atoms with E-state index in [1.807, 2.05) is 6.92 Å². The summed E-state index contributed by atoms with van der Waals surface area (Å²) in [7, 11) is 0. The van der Waals surface area contributed by atoms with Crippen LogP contribution in [0.25, 0.3) is 0 Å². The van der Waals surface area contributed by atoms with Gasteiger partial charge in [0.2, 0.25) is 0 Å². The second kappa shape index (κ2) is 8.13. The van der Waals surface area contributed by atoms with Gasteiger partial charge in [0.05, 0.1) is 0 Å². The van der Waals surface area contributed by atoms with Crippen LogP contribution >= 0.6 is 0 Å². The molecule has 0 saturated carbocycles. The molecule has 0 aromatic carbocycles. The molecule has 0 aliphatic carbocycles. The van der Waals surface area contributed by atoms with E-state index in [1.165, 1.54) is 12.8 Å². The van der Waals surface area contributed by atoms with Gasteiger partial charge in [-0.3, -0.25) is 0 Å². The van der Waals surface area contributed by atoms with Crippen LogP contribution in [-0.4, -0.2) is 12.6 Å². The molecule has 13 heavy (non-hydrogen) atoms. The molecule has 0 aliphatic rings. The van der Waals surface area contributed by atoms with Gasteiger partial charge < -0.3 is 5.32 Å². The van der Waals surface area contributed by atoms with Crippen LogP contribution in [0.3, 0.4) is 0 Å². The molecule has 1 atom stereocenters. The van der Waals surface area contributed by atoms with Crippen LogP contribution in [0.5, 0.6) is 0 Å². The van der Waals surface area contributed by atoms with Gasteiger partial charge in [-0.1, -0.05) is 20.8 Å². The van der Waals surface area contributed by atoms with E-state index in [2.05, 4.69) is 37.9 Å². The fourth-order valence-corrected chi connectivity index (χ4v) is 1.21. The fourth-order valence-electron chi connectivity index (χ4n) is 1.21. The number of rotatable bonds is 6. The first kappa shape index (κ1) is 12.5. The van der Waals surface area contributed by atoms with Gasteiger partial charge >= 0.3 is 0 Å². The van der Waals surface area contributed by atoms with Crippen molar-refractivity contribution in [3.05, 3.63) is 0 Å². The second-order valence-electron chi connectivity index (χ2n) is 3.97. The molecule has 0 aliphatic heterocycles. The highest BCUT2D eigenvalue weighted by Gasteiger charge is 2.00. The molecule has 0 amide bonds. The SMILES string of the molecule is CC#CCCC(C)CCNC(C)C. The first-order valence-corrected chi connectivity index (χ1v) is 5.29. The molecule has 0 aromatic rings. The summed E-state index contributed by atoms with van der Waals surface area (Å²) in [5.41, 5.74) is 0. The smallest absolute Gasteiger partial charge is 0.00911 e. The maximum Gasteiger partial charge on any atom is 0.00911 e. The summed E-state index contributed by atoms with van der Waals surface area (Å²) in [6, 6.07) is 0.614. The van der Waals surface area contributed by atoms with E-state index >= 15 is 0 Å². The second-order valence-corrected chi connectivity index (χ2v) is 3.97. The zero-order valence-corrected chi connectivity index (χ0v) is 9.48. The quantitative estimate of drug-likeness (QED) is 0.621. The Hall–Kier alpha value is -0.480. The molecule has 0 bridgehead atoms. The fraction of sp³-hybridized carbons (Fsp3) is 0.833. The van der Waals surface area contributed by atoms with Crippen molar-refractivity contribution >= 4 is 0 Å². The molecule has 1 unspecified atom stereocenters. The van der Waals surface area contributed by atoms with Crippen LogP contribution < -0.4 is 5.32 Å². The highest BCUT2D eigenvalue weighted by Crippen LogP contribution is 2.08. The molecule has 0 heterocycles. The van der Waals surface area contributed by atoms with Crippen LogP contribution in [0.15, 0.2) is 0 Å². The molecular formula is C12H23N. The molecular weight excluding hydrogens is 158 g/mol. The van der Waals surface area contributed by atoms with Crippen LogP contribution in [0.1, 0.15) is 47.0 Å². The number of hydrogen-bond acceptors (Lipinski definition) is 1. The van der Waals surface area contributed by atoms with Crippen molar-refractivity contribution in [1.29, 1.82) is 0 Å². The minimum absolute atomic E-state index is 0.614. The lowest BCUT2D eigenvalue weighted by molar-refractivity contribution is 0.458. The summed E-state index contributed by atoms with van der Waals surface area (Å²) in [5.74, 6) is 6.84. The molecule has 0 aromatic heterocycles. The summed E-state index contributed by atoms with van der Waals surface area (Å²) < 4.78 is 0. The predicted octanol–water partition coefficient (Wildman–Crippen LogP) is 2.81. The Bertz CT molecular complexity index is 162. The van der Waals surface area contributed by atoms with Gasteiger partial charge in [-0.15, -0.1) is 11.8 Å². The van der Waals surface area contributed by atoms with Gasteiger partial charge in [0.25, 0.3) is 0 Å². The van der Waals surface area contributed by atoms with Crippen LogP contribution in [0.2, 0.25) is 0 Å². The average molecular weight is 181 g/mol. The maximum atomic E-state index is 3.43.